The van der Waals surface area contributed by atoms with Crippen LogP contribution in [0.4, 0.5) is 0 Å². The summed E-state index contributed by atoms with van der Waals surface area (Å²) in [6.07, 6.45) is 38.4. The molecule has 1 fully saturated rings. The number of aliphatic hydroxyl groups is 2. The van der Waals surface area contributed by atoms with Gasteiger partial charge in [0, 0.05) is 31.1 Å². The number of hydrogen-bond donors (Lipinski definition) is 3. The quantitative estimate of drug-likeness (QED) is 0.0175. The Morgan fingerprint density at radius 2 is 1.23 bits per heavy atom. The lowest BCUT2D eigenvalue weighted by Gasteiger charge is -2.24. The van der Waals surface area contributed by atoms with Crippen molar-refractivity contribution in [2.45, 2.75) is 218 Å². The summed E-state index contributed by atoms with van der Waals surface area (Å²) < 4.78 is 34.4. The predicted molar refractivity (Wildman–Crippen MR) is 262 cm³/mol. The Hall–Kier alpha value is -2.18. The van der Waals surface area contributed by atoms with Gasteiger partial charge in [-0.15, -0.1) is 0 Å². The number of unbranched alkanes of at least 4 members (excludes halogenated alkanes) is 20. The molecule has 1 saturated carbocycles. The summed E-state index contributed by atoms with van der Waals surface area (Å²) in [6.45, 7) is 4.03. The van der Waals surface area contributed by atoms with Gasteiger partial charge >= 0.3 is 19.8 Å². The molecular formula is C52H95NO11P+. The lowest BCUT2D eigenvalue weighted by Crippen LogP contribution is -2.37. The minimum atomic E-state index is -4.45. The van der Waals surface area contributed by atoms with E-state index in [1.807, 2.05) is 33.3 Å². The molecule has 13 heteroatoms. The van der Waals surface area contributed by atoms with Crippen LogP contribution in [0, 0.1) is 11.8 Å². The zero-order chi connectivity index (χ0) is 48.0. The van der Waals surface area contributed by atoms with Gasteiger partial charge in [-0.1, -0.05) is 159 Å². The average molecular weight is 941 g/mol. The van der Waals surface area contributed by atoms with Crippen molar-refractivity contribution in [1.82, 2.24) is 0 Å². The Morgan fingerprint density at radius 3 is 1.83 bits per heavy atom. The Balaban J connectivity index is 2.39. The average Bonchev–Trinajstić information content (AvgIpc) is 3.52. The molecule has 0 heterocycles. The second kappa shape index (κ2) is 38.8. The predicted octanol–water partition coefficient (Wildman–Crippen LogP) is 11.8. The van der Waals surface area contributed by atoms with Crippen LogP contribution in [0.25, 0.3) is 0 Å². The first kappa shape index (κ1) is 60.8. The molecule has 1 aliphatic carbocycles. The maximum atomic E-state index is 12.8. The molecule has 0 spiro atoms. The normalized spacial score (nSPS) is 18.8. The molecule has 3 N–H and O–H groups in total. The van der Waals surface area contributed by atoms with Crippen molar-refractivity contribution in [3.63, 3.8) is 0 Å². The standard InChI is InChI=1S/C52H94NO11P/c1-6-8-10-11-12-13-14-15-16-17-18-19-20-21-22-23-24-25-26-27-33-37-52(58)64-46(44-63-65(59,60)62-41-40-53(3,4)5)43-61-51(57)36-32-29-28-31-35-47-48(50(56)42-49(47)55)39-38-45(54)34-30-9-7-2/h15-16,28,31,38-39,45-49,54-55H,6-14,17-27,29-30,32-37,40-44H2,1-5H3/p+1/b16-15-,31-28-,39-38+/t45-,46+,47+,48+,49-/m0/s1. The Labute approximate surface area is 395 Å². The van der Waals surface area contributed by atoms with Crippen molar-refractivity contribution in [2.24, 2.45) is 11.8 Å². The molecule has 0 radical (unpaired) electrons. The number of aliphatic hydroxyl groups excluding tert-OH is 2. The molecule has 0 bridgehead atoms. The number of carbonyl (C=O) groups excluding carboxylic acids is 3. The minimum absolute atomic E-state index is 0.0109. The number of esters is 2. The van der Waals surface area contributed by atoms with E-state index in [0.717, 1.165) is 38.5 Å². The Morgan fingerprint density at radius 1 is 0.708 bits per heavy atom. The van der Waals surface area contributed by atoms with E-state index < -0.39 is 50.6 Å². The van der Waals surface area contributed by atoms with Gasteiger partial charge in [0.2, 0.25) is 0 Å². The van der Waals surface area contributed by atoms with E-state index in [4.69, 9.17) is 18.5 Å². The maximum absolute atomic E-state index is 12.8. The largest absolute Gasteiger partial charge is 0.472 e. The topological polar surface area (TPSA) is 166 Å². The second-order valence-electron chi connectivity index (χ2n) is 19.3. The summed E-state index contributed by atoms with van der Waals surface area (Å²) in [4.78, 5) is 48.3. The molecule has 0 aliphatic heterocycles. The highest BCUT2D eigenvalue weighted by Gasteiger charge is 2.39. The summed E-state index contributed by atoms with van der Waals surface area (Å²) in [6, 6.07) is 0. The number of phosphoric acid groups is 1. The van der Waals surface area contributed by atoms with E-state index in [0.29, 0.717) is 43.1 Å². The van der Waals surface area contributed by atoms with Gasteiger partial charge in [0.1, 0.15) is 25.5 Å². The number of carbonyl (C=O) groups is 3. The van der Waals surface area contributed by atoms with E-state index in [9.17, 15) is 34.1 Å². The van der Waals surface area contributed by atoms with Gasteiger partial charge < -0.3 is 29.1 Å². The van der Waals surface area contributed by atoms with Crippen LogP contribution in [0.3, 0.4) is 0 Å². The summed E-state index contributed by atoms with van der Waals surface area (Å²) in [5.74, 6) is -1.72. The highest BCUT2D eigenvalue weighted by Crippen LogP contribution is 2.43. The molecule has 378 valence electrons. The molecule has 0 amide bonds. The van der Waals surface area contributed by atoms with E-state index in [-0.39, 0.29) is 44.2 Å². The third kappa shape index (κ3) is 35.6. The second-order valence-corrected chi connectivity index (χ2v) is 20.8. The first-order chi connectivity index (χ1) is 31.2. The molecule has 0 saturated heterocycles. The van der Waals surface area contributed by atoms with Crippen LogP contribution < -0.4 is 0 Å². The van der Waals surface area contributed by atoms with Crippen molar-refractivity contribution in [3.8, 4) is 0 Å². The number of Topliss-reactive ketones (excluding diaryl/α,β-unsaturated/α-hetero) is 1. The molecule has 0 aromatic heterocycles. The SMILES string of the molecule is CCCCCCCC/C=C\CCCCCCCCCCCCCC(=O)O[C@H](COC(=O)CCC/C=C\C[C@H]1[C@@H](O)CC(=O)[C@@H]1/C=C/[C@@H](O)CCCCC)COP(=O)(O)OCC[N+](C)(C)C. The zero-order valence-corrected chi connectivity index (χ0v) is 42.6. The van der Waals surface area contributed by atoms with Crippen LogP contribution in [-0.2, 0) is 37.5 Å². The lowest BCUT2D eigenvalue weighted by molar-refractivity contribution is -0.870. The first-order valence-electron chi connectivity index (χ1n) is 25.8. The summed E-state index contributed by atoms with van der Waals surface area (Å²) in [5.41, 5.74) is 0. The van der Waals surface area contributed by atoms with Crippen molar-refractivity contribution >= 4 is 25.5 Å². The van der Waals surface area contributed by atoms with E-state index in [1.54, 1.807) is 12.2 Å². The number of quaternary nitrogens is 1. The molecule has 0 aromatic rings. The molecule has 0 aromatic carbocycles. The minimum Gasteiger partial charge on any atom is -0.462 e. The van der Waals surface area contributed by atoms with E-state index in [1.165, 1.54) is 96.3 Å². The molecule has 6 atom stereocenters. The van der Waals surface area contributed by atoms with Crippen molar-refractivity contribution in [3.05, 3.63) is 36.5 Å². The molecular weight excluding hydrogens is 846 g/mol. The van der Waals surface area contributed by atoms with Gasteiger partial charge in [-0.25, -0.2) is 4.57 Å². The summed E-state index contributed by atoms with van der Waals surface area (Å²) in [7, 11) is 1.33. The fourth-order valence-electron chi connectivity index (χ4n) is 7.87. The third-order valence-electron chi connectivity index (χ3n) is 12.0. The fourth-order valence-corrected chi connectivity index (χ4v) is 8.61. The van der Waals surface area contributed by atoms with Crippen molar-refractivity contribution in [1.29, 1.82) is 0 Å². The van der Waals surface area contributed by atoms with Gasteiger partial charge in [-0.2, -0.15) is 0 Å². The Kier molecular flexibility index (Phi) is 36.3. The van der Waals surface area contributed by atoms with Crippen LogP contribution in [0.1, 0.15) is 200 Å². The number of phosphoric ester groups is 1. The number of hydrogen-bond acceptors (Lipinski definition) is 10. The smallest absolute Gasteiger partial charge is 0.462 e. The van der Waals surface area contributed by atoms with Crippen LogP contribution in [-0.4, -0.2) is 103 Å². The van der Waals surface area contributed by atoms with Gasteiger partial charge in [-0.05, 0) is 57.8 Å². The van der Waals surface area contributed by atoms with Crippen LogP contribution in [0.15, 0.2) is 36.5 Å². The van der Waals surface area contributed by atoms with Crippen LogP contribution in [0.2, 0.25) is 0 Å². The van der Waals surface area contributed by atoms with Crippen LogP contribution >= 0.6 is 7.82 Å². The highest BCUT2D eigenvalue weighted by atomic mass is 31.2. The van der Waals surface area contributed by atoms with Gasteiger partial charge in [0.05, 0.1) is 40.0 Å². The highest BCUT2D eigenvalue weighted by molar-refractivity contribution is 7.47. The Bertz CT molecular complexity index is 1360. The number of ketones is 1. The molecule has 1 unspecified atom stereocenters. The number of ether oxygens (including phenoxy) is 2. The number of rotatable bonds is 43. The maximum Gasteiger partial charge on any atom is 0.472 e. The lowest BCUT2D eigenvalue weighted by atomic mass is 9.90. The number of allylic oxidation sites excluding steroid dienone is 5. The van der Waals surface area contributed by atoms with E-state index >= 15 is 0 Å². The first-order valence-corrected chi connectivity index (χ1v) is 27.3. The van der Waals surface area contributed by atoms with Gasteiger partial charge in [-0.3, -0.25) is 23.4 Å². The summed E-state index contributed by atoms with van der Waals surface area (Å²) in [5, 5.41) is 20.8. The zero-order valence-electron chi connectivity index (χ0n) is 41.7. The molecule has 65 heavy (non-hydrogen) atoms. The van der Waals surface area contributed by atoms with Gasteiger partial charge in [0.25, 0.3) is 0 Å². The number of nitrogens with zero attached hydrogens (tertiary/aromatic N) is 1. The third-order valence-corrected chi connectivity index (χ3v) is 13.0. The summed E-state index contributed by atoms with van der Waals surface area (Å²) >= 11 is 0. The number of likely N-dealkylation sites (N-methyl/N-ethyl adjacent to an activating group) is 1. The fraction of sp³-hybridized carbons (Fsp3) is 0.827. The monoisotopic (exact) mass is 941 g/mol. The van der Waals surface area contributed by atoms with Crippen molar-refractivity contribution < 1.29 is 57.1 Å². The molecule has 1 rings (SSSR count). The van der Waals surface area contributed by atoms with Crippen LogP contribution in [0.5, 0.6) is 0 Å². The molecule has 1 aliphatic rings. The van der Waals surface area contributed by atoms with Crippen molar-refractivity contribution in [2.75, 3.05) is 47.5 Å². The van der Waals surface area contributed by atoms with Gasteiger partial charge in [0.15, 0.2) is 6.10 Å². The molecule has 12 nitrogen and oxygen atoms in total. The van der Waals surface area contributed by atoms with E-state index in [2.05, 4.69) is 26.0 Å².